The van der Waals surface area contributed by atoms with Crippen molar-refractivity contribution in [3.05, 3.63) is 59.7 Å². The highest BCUT2D eigenvalue weighted by molar-refractivity contribution is 7.90. The third-order valence-corrected chi connectivity index (χ3v) is 4.70. The number of anilines is 1. The summed E-state index contributed by atoms with van der Waals surface area (Å²) in [6.45, 7) is 0.836. The highest BCUT2D eigenvalue weighted by atomic mass is 32.2. The Kier molecular flexibility index (Phi) is 3.39. The van der Waals surface area contributed by atoms with E-state index in [4.69, 9.17) is 0 Å². The van der Waals surface area contributed by atoms with Gasteiger partial charge in [-0.1, -0.05) is 18.2 Å². The van der Waals surface area contributed by atoms with Gasteiger partial charge >= 0.3 is 0 Å². The zero-order valence-electron chi connectivity index (χ0n) is 11.2. The molecule has 0 saturated heterocycles. The van der Waals surface area contributed by atoms with E-state index in [1.807, 2.05) is 0 Å². The monoisotopic (exact) mass is 302 g/mol. The molecule has 0 bridgehead atoms. The van der Waals surface area contributed by atoms with E-state index in [1.54, 1.807) is 36.4 Å². The van der Waals surface area contributed by atoms with E-state index < -0.39 is 15.9 Å². The Hall–Kier alpha value is -2.34. The molecule has 0 fully saturated rings. The van der Waals surface area contributed by atoms with Crippen molar-refractivity contribution in [2.45, 2.75) is 11.3 Å². The molecule has 5 nitrogen and oxygen atoms in total. The van der Waals surface area contributed by atoms with Gasteiger partial charge in [-0.2, -0.15) is 0 Å². The number of benzene rings is 2. The van der Waals surface area contributed by atoms with Crippen LogP contribution in [0.15, 0.2) is 53.4 Å². The van der Waals surface area contributed by atoms with Crippen LogP contribution in [-0.4, -0.2) is 20.9 Å². The van der Waals surface area contributed by atoms with Gasteiger partial charge in [-0.3, -0.25) is 4.79 Å². The van der Waals surface area contributed by atoms with Gasteiger partial charge in [0.15, 0.2) is 0 Å². The van der Waals surface area contributed by atoms with Crippen molar-refractivity contribution < 1.29 is 13.2 Å². The Labute approximate surface area is 123 Å². The first-order chi connectivity index (χ1) is 10.1. The minimum atomic E-state index is -3.84. The Morgan fingerprint density at radius 1 is 1.10 bits per heavy atom. The van der Waals surface area contributed by atoms with Crippen LogP contribution < -0.4 is 10.0 Å². The van der Waals surface area contributed by atoms with Crippen molar-refractivity contribution >= 4 is 21.6 Å². The largest absolute Gasteiger partial charge is 0.384 e. The van der Waals surface area contributed by atoms with Crippen LogP contribution >= 0.6 is 0 Å². The van der Waals surface area contributed by atoms with E-state index in [0.717, 1.165) is 24.2 Å². The number of carbonyl (C=O) groups excluding carboxylic acids is 1. The third kappa shape index (κ3) is 2.75. The summed E-state index contributed by atoms with van der Waals surface area (Å²) in [5.41, 5.74) is 2.37. The summed E-state index contributed by atoms with van der Waals surface area (Å²) in [4.78, 5) is 12.2. The minimum Gasteiger partial charge on any atom is -0.384 e. The first-order valence-electron chi connectivity index (χ1n) is 6.55. The van der Waals surface area contributed by atoms with Crippen LogP contribution in [0.3, 0.4) is 0 Å². The summed E-state index contributed by atoms with van der Waals surface area (Å²) in [6.07, 6.45) is 0.835. The lowest BCUT2D eigenvalue weighted by Gasteiger charge is -2.08. The molecule has 1 aliphatic rings. The van der Waals surface area contributed by atoms with Gasteiger partial charge < -0.3 is 5.32 Å². The second-order valence-corrected chi connectivity index (χ2v) is 6.48. The van der Waals surface area contributed by atoms with Crippen LogP contribution in [0.4, 0.5) is 5.69 Å². The maximum absolute atomic E-state index is 12.1. The molecule has 0 aromatic heterocycles. The number of sulfonamides is 1. The number of hydrogen-bond acceptors (Lipinski definition) is 4. The average molecular weight is 302 g/mol. The van der Waals surface area contributed by atoms with Crippen molar-refractivity contribution in [2.24, 2.45) is 0 Å². The van der Waals surface area contributed by atoms with E-state index >= 15 is 0 Å². The van der Waals surface area contributed by atoms with Crippen molar-refractivity contribution in [1.82, 2.24) is 4.72 Å². The Bertz CT molecular complexity index is 786. The number of amides is 1. The fourth-order valence-electron chi connectivity index (χ4n) is 2.29. The maximum atomic E-state index is 12.1. The number of hydrogen-bond donors (Lipinski definition) is 2. The molecule has 0 unspecified atom stereocenters. The third-order valence-electron chi connectivity index (χ3n) is 3.36. The van der Waals surface area contributed by atoms with Gasteiger partial charge in [0.05, 0.1) is 4.90 Å². The Morgan fingerprint density at radius 3 is 2.62 bits per heavy atom. The molecule has 2 N–H and O–H groups in total. The Balaban J connectivity index is 1.84. The topological polar surface area (TPSA) is 75.3 Å². The first kappa shape index (κ1) is 13.6. The Morgan fingerprint density at radius 2 is 1.86 bits per heavy atom. The summed E-state index contributed by atoms with van der Waals surface area (Å²) in [5, 5.41) is 3.19. The second-order valence-electron chi connectivity index (χ2n) is 4.80. The van der Waals surface area contributed by atoms with Crippen LogP contribution in [0.2, 0.25) is 0 Å². The second kappa shape index (κ2) is 5.21. The van der Waals surface area contributed by atoms with E-state index in [-0.39, 0.29) is 4.90 Å². The van der Waals surface area contributed by atoms with Crippen LogP contribution in [0.1, 0.15) is 15.9 Å². The van der Waals surface area contributed by atoms with Gasteiger partial charge in [0.1, 0.15) is 0 Å². The standard InChI is InChI=1S/C15H14N2O3S/c18-15(12-6-7-14-11(10-12)8-9-16-14)17-21(19,20)13-4-2-1-3-5-13/h1-7,10,16H,8-9H2,(H,17,18). The SMILES string of the molecule is O=C(NS(=O)(=O)c1ccccc1)c1ccc2c(c1)CCN2. The van der Waals surface area contributed by atoms with Gasteiger partial charge in [-0.25, -0.2) is 13.1 Å². The molecule has 3 rings (SSSR count). The molecule has 0 spiro atoms. The molecule has 2 aromatic carbocycles. The van der Waals surface area contributed by atoms with Crippen LogP contribution in [0.5, 0.6) is 0 Å². The lowest BCUT2D eigenvalue weighted by Crippen LogP contribution is -2.30. The summed E-state index contributed by atoms with van der Waals surface area (Å²) < 4.78 is 26.3. The minimum absolute atomic E-state index is 0.0705. The molecule has 6 heteroatoms. The highest BCUT2D eigenvalue weighted by Gasteiger charge is 2.19. The molecule has 0 aliphatic carbocycles. The summed E-state index contributed by atoms with van der Waals surface area (Å²) in [5.74, 6) is -0.617. The summed E-state index contributed by atoms with van der Waals surface area (Å²) in [6, 6.07) is 13.0. The van der Waals surface area contributed by atoms with Crippen molar-refractivity contribution in [2.75, 3.05) is 11.9 Å². The number of fused-ring (bicyclic) bond motifs is 1. The average Bonchev–Trinajstić information content (AvgIpc) is 2.95. The fourth-order valence-corrected chi connectivity index (χ4v) is 3.28. The highest BCUT2D eigenvalue weighted by Crippen LogP contribution is 2.23. The molecule has 21 heavy (non-hydrogen) atoms. The maximum Gasteiger partial charge on any atom is 0.265 e. The fraction of sp³-hybridized carbons (Fsp3) is 0.133. The number of rotatable bonds is 3. The molecule has 1 amide bonds. The van der Waals surface area contributed by atoms with E-state index in [0.29, 0.717) is 5.56 Å². The smallest absolute Gasteiger partial charge is 0.265 e. The van der Waals surface area contributed by atoms with Gasteiger partial charge in [-0.15, -0.1) is 0 Å². The van der Waals surface area contributed by atoms with Crippen molar-refractivity contribution in [1.29, 1.82) is 0 Å². The molecule has 1 aliphatic heterocycles. The first-order valence-corrected chi connectivity index (χ1v) is 8.03. The normalized spacial score (nSPS) is 13.3. The van der Waals surface area contributed by atoms with Crippen molar-refractivity contribution in [3.8, 4) is 0 Å². The lowest BCUT2D eigenvalue weighted by molar-refractivity contribution is 0.0981. The summed E-state index contributed by atoms with van der Waals surface area (Å²) in [7, 11) is -3.84. The van der Waals surface area contributed by atoms with Crippen molar-refractivity contribution in [3.63, 3.8) is 0 Å². The predicted octanol–water partition coefficient (Wildman–Crippen LogP) is 1.77. The van der Waals surface area contributed by atoms with Crippen LogP contribution in [0.25, 0.3) is 0 Å². The predicted molar refractivity (Wildman–Crippen MR) is 79.7 cm³/mol. The zero-order valence-corrected chi connectivity index (χ0v) is 12.0. The molecular weight excluding hydrogens is 288 g/mol. The van der Waals surface area contributed by atoms with Gasteiger partial charge in [0, 0.05) is 17.8 Å². The molecule has 0 atom stereocenters. The molecule has 0 radical (unpaired) electrons. The molecular formula is C15H14N2O3S. The molecule has 2 aromatic rings. The van der Waals surface area contributed by atoms with E-state index in [1.165, 1.54) is 12.1 Å². The van der Waals surface area contributed by atoms with Crippen LogP contribution in [0, 0.1) is 0 Å². The van der Waals surface area contributed by atoms with Gasteiger partial charge in [-0.05, 0) is 42.3 Å². The van der Waals surface area contributed by atoms with Crippen LogP contribution in [-0.2, 0) is 16.4 Å². The van der Waals surface area contributed by atoms with Gasteiger partial charge in [0.25, 0.3) is 15.9 Å². The molecule has 0 saturated carbocycles. The molecule has 1 heterocycles. The van der Waals surface area contributed by atoms with E-state index in [9.17, 15) is 13.2 Å². The van der Waals surface area contributed by atoms with E-state index in [2.05, 4.69) is 10.0 Å². The molecule has 108 valence electrons. The van der Waals surface area contributed by atoms with Gasteiger partial charge in [0.2, 0.25) is 0 Å². The quantitative estimate of drug-likeness (QED) is 0.906. The zero-order chi connectivity index (χ0) is 14.9. The number of carbonyl (C=O) groups is 1. The lowest BCUT2D eigenvalue weighted by atomic mass is 10.1. The summed E-state index contributed by atoms with van der Waals surface area (Å²) >= 11 is 0. The number of nitrogens with one attached hydrogen (secondary N) is 2.